The van der Waals surface area contributed by atoms with Crippen molar-refractivity contribution in [2.75, 3.05) is 0 Å². The minimum absolute atomic E-state index is 0.128. The number of aromatic hydroxyl groups is 1. The van der Waals surface area contributed by atoms with Gasteiger partial charge in [0.25, 0.3) is 0 Å². The van der Waals surface area contributed by atoms with Crippen molar-refractivity contribution >= 4 is 0 Å². The molecule has 2 aromatic rings. The van der Waals surface area contributed by atoms with Gasteiger partial charge in [0.1, 0.15) is 11.6 Å². The van der Waals surface area contributed by atoms with E-state index in [-0.39, 0.29) is 18.1 Å². The Morgan fingerprint density at radius 3 is 2.56 bits per heavy atom. The fourth-order valence-corrected chi connectivity index (χ4v) is 1.76. The molecule has 0 bridgehead atoms. The van der Waals surface area contributed by atoms with Crippen molar-refractivity contribution in [2.45, 2.75) is 19.4 Å². The minimum Gasteiger partial charge on any atom is -0.506 e. The van der Waals surface area contributed by atoms with Gasteiger partial charge in [-0.1, -0.05) is 12.1 Å². The van der Waals surface area contributed by atoms with Crippen molar-refractivity contribution in [3.05, 3.63) is 59.2 Å². The van der Waals surface area contributed by atoms with Crippen molar-refractivity contribution in [3.63, 3.8) is 0 Å². The van der Waals surface area contributed by atoms with Gasteiger partial charge in [0, 0.05) is 17.8 Å². The summed E-state index contributed by atoms with van der Waals surface area (Å²) in [5.41, 5.74) is 8.14. The van der Waals surface area contributed by atoms with Crippen LogP contribution in [0.3, 0.4) is 0 Å². The molecule has 0 fully saturated rings. The fourth-order valence-electron chi connectivity index (χ4n) is 1.76. The molecule has 0 saturated carbocycles. The second-order valence-electron chi connectivity index (χ2n) is 4.13. The SMILES string of the molecule is NCc1cc(CCc2ccc(F)cc2)ncc1O. The van der Waals surface area contributed by atoms with Crippen LogP contribution >= 0.6 is 0 Å². The van der Waals surface area contributed by atoms with Crippen LogP contribution in [0.1, 0.15) is 16.8 Å². The highest BCUT2D eigenvalue weighted by atomic mass is 19.1. The van der Waals surface area contributed by atoms with Gasteiger partial charge in [-0.25, -0.2) is 4.39 Å². The third-order valence-electron chi connectivity index (χ3n) is 2.83. The molecule has 0 saturated heterocycles. The highest BCUT2D eigenvalue weighted by molar-refractivity contribution is 5.31. The van der Waals surface area contributed by atoms with Crippen molar-refractivity contribution in [2.24, 2.45) is 5.73 Å². The van der Waals surface area contributed by atoms with E-state index in [0.29, 0.717) is 5.56 Å². The quantitative estimate of drug-likeness (QED) is 0.869. The van der Waals surface area contributed by atoms with Crippen LogP contribution in [0.4, 0.5) is 4.39 Å². The summed E-state index contributed by atoms with van der Waals surface area (Å²) in [5.74, 6) is -0.102. The summed E-state index contributed by atoms with van der Waals surface area (Å²) in [6, 6.07) is 8.23. The summed E-state index contributed by atoms with van der Waals surface area (Å²) >= 11 is 0. The maximum Gasteiger partial charge on any atom is 0.138 e. The minimum atomic E-state index is -0.230. The smallest absolute Gasteiger partial charge is 0.138 e. The number of nitrogens with two attached hydrogens (primary N) is 1. The van der Waals surface area contributed by atoms with Crippen LogP contribution in [0.2, 0.25) is 0 Å². The lowest BCUT2D eigenvalue weighted by atomic mass is 10.1. The molecule has 2 rings (SSSR count). The molecule has 1 heterocycles. The highest BCUT2D eigenvalue weighted by Crippen LogP contribution is 2.16. The number of halogens is 1. The summed E-state index contributed by atoms with van der Waals surface area (Å²) in [6.45, 7) is 0.290. The first-order valence-corrected chi connectivity index (χ1v) is 5.80. The predicted octanol–water partition coefficient (Wildman–Crippen LogP) is 2.17. The molecule has 3 nitrogen and oxygen atoms in total. The second-order valence-corrected chi connectivity index (χ2v) is 4.13. The molecular formula is C14H15FN2O. The zero-order valence-corrected chi connectivity index (χ0v) is 9.94. The van der Waals surface area contributed by atoms with E-state index in [1.165, 1.54) is 18.3 Å². The van der Waals surface area contributed by atoms with Crippen LogP contribution in [0.5, 0.6) is 5.75 Å². The number of hydrogen-bond acceptors (Lipinski definition) is 3. The summed E-state index contributed by atoms with van der Waals surface area (Å²) in [6.07, 6.45) is 2.93. The Morgan fingerprint density at radius 1 is 1.17 bits per heavy atom. The van der Waals surface area contributed by atoms with Crippen molar-refractivity contribution in [1.29, 1.82) is 0 Å². The van der Waals surface area contributed by atoms with Crippen molar-refractivity contribution in [3.8, 4) is 5.75 Å². The zero-order chi connectivity index (χ0) is 13.0. The van der Waals surface area contributed by atoms with Crippen molar-refractivity contribution < 1.29 is 9.50 Å². The van der Waals surface area contributed by atoms with Crippen molar-refractivity contribution in [1.82, 2.24) is 4.98 Å². The van der Waals surface area contributed by atoms with Gasteiger partial charge >= 0.3 is 0 Å². The molecule has 0 aliphatic rings. The molecule has 0 unspecified atom stereocenters. The molecule has 0 atom stereocenters. The third kappa shape index (κ3) is 3.05. The number of benzene rings is 1. The molecule has 4 heteroatoms. The number of nitrogens with zero attached hydrogens (tertiary/aromatic N) is 1. The number of aryl methyl sites for hydroxylation is 2. The molecule has 1 aromatic heterocycles. The van der Waals surface area contributed by atoms with Crippen LogP contribution in [0.25, 0.3) is 0 Å². The summed E-state index contributed by atoms with van der Waals surface area (Å²) in [5, 5.41) is 9.47. The molecule has 0 aliphatic carbocycles. The van der Waals surface area contributed by atoms with E-state index >= 15 is 0 Å². The fraction of sp³-hybridized carbons (Fsp3) is 0.214. The van der Waals surface area contributed by atoms with E-state index in [0.717, 1.165) is 24.1 Å². The first-order valence-electron chi connectivity index (χ1n) is 5.80. The lowest BCUT2D eigenvalue weighted by molar-refractivity contribution is 0.465. The van der Waals surface area contributed by atoms with Crippen LogP contribution < -0.4 is 5.73 Å². The van der Waals surface area contributed by atoms with Gasteiger partial charge in [-0.05, 0) is 36.6 Å². The van der Waals surface area contributed by atoms with Gasteiger partial charge in [0.2, 0.25) is 0 Å². The normalized spacial score (nSPS) is 10.6. The first-order chi connectivity index (χ1) is 8.69. The number of pyridine rings is 1. The Hall–Kier alpha value is -1.94. The molecule has 0 radical (unpaired) electrons. The number of rotatable bonds is 4. The van der Waals surface area contributed by atoms with E-state index < -0.39 is 0 Å². The van der Waals surface area contributed by atoms with Crippen LogP contribution in [0, 0.1) is 5.82 Å². The lowest BCUT2D eigenvalue weighted by Gasteiger charge is -2.05. The molecule has 0 spiro atoms. The highest BCUT2D eigenvalue weighted by Gasteiger charge is 2.03. The Kier molecular flexibility index (Phi) is 3.89. The Balaban J connectivity index is 2.04. The standard InChI is InChI=1S/C14H15FN2O/c15-12-4-1-10(2-5-12)3-6-13-7-11(8-16)14(18)9-17-13/h1-2,4-5,7,9,18H,3,6,8,16H2. The average Bonchev–Trinajstić information content (AvgIpc) is 2.39. The topological polar surface area (TPSA) is 59.1 Å². The van der Waals surface area contributed by atoms with Gasteiger partial charge in [-0.15, -0.1) is 0 Å². The van der Waals surface area contributed by atoms with Gasteiger partial charge < -0.3 is 10.8 Å². The number of aromatic nitrogens is 1. The Labute approximate surface area is 105 Å². The average molecular weight is 246 g/mol. The molecular weight excluding hydrogens is 231 g/mol. The van der Waals surface area contributed by atoms with Crippen LogP contribution in [0.15, 0.2) is 36.5 Å². The van der Waals surface area contributed by atoms with Gasteiger partial charge in [-0.2, -0.15) is 0 Å². The summed E-state index contributed by atoms with van der Waals surface area (Å²) < 4.78 is 12.7. The first kappa shape index (κ1) is 12.5. The lowest BCUT2D eigenvalue weighted by Crippen LogP contribution is -2.01. The molecule has 3 N–H and O–H groups in total. The van der Waals surface area contributed by atoms with E-state index in [1.54, 1.807) is 18.2 Å². The van der Waals surface area contributed by atoms with Gasteiger partial charge in [0.15, 0.2) is 0 Å². The van der Waals surface area contributed by atoms with Crippen LogP contribution in [-0.2, 0) is 19.4 Å². The van der Waals surface area contributed by atoms with Gasteiger partial charge in [-0.3, -0.25) is 4.98 Å². The number of hydrogen-bond donors (Lipinski definition) is 2. The molecule has 18 heavy (non-hydrogen) atoms. The molecule has 94 valence electrons. The van der Waals surface area contributed by atoms with E-state index in [2.05, 4.69) is 4.98 Å². The molecule has 0 amide bonds. The summed E-state index contributed by atoms with van der Waals surface area (Å²) in [7, 11) is 0. The van der Waals surface area contributed by atoms with E-state index in [9.17, 15) is 9.50 Å². The Morgan fingerprint density at radius 2 is 1.89 bits per heavy atom. The van der Waals surface area contributed by atoms with Crippen LogP contribution in [-0.4, -0.2) is 10.1 Å². The molecule has 0 aliphatic heterocycles. The summed E-state index contributed by atoms with van der Waals surface area (Å²) in [4.78, 5) is 4.14. The molecule has 1 aromatic carbocycles. The van der Waals surface area contributed by atoms with Gasteiger partial charge in [0.05, 0.1) is 6.20 Å². The Bertz CT molecular complexity index is 526. The van der Waals surface area contributed by atoms with E-state index in [1.807, 2.05) is 0 Å². The maximum absolute atomic E-state index is 12.7. The predicted molar refractivity (Wildman–Crippen MR) is 67.6 cm³/mol. The largest absolute Gasteiger partial charge is 0.506 e. The maximum atomic E-state index is 12.7. The monoisotopic (exact) mass is 246 g/mol. The second kappa shape index (κ2) is 5.60. The van der Waals surface area contributed by atoms with E-state index in [4.69, 9.17) is 5.73 Å². The zero-order valence-electron chi connectivity index (χ0n) is 9.94. The third-order valence-corrected chi connectivity index (χ3v) is 2.83.